The van der Waals surface area contributed by atoms with Gasteiger partial charge in [0.2, 0.25) is 21.8 Å². The van der Waals surface area contributed by atoms with Crippen LogP contribution in [-0.4, -0.2) is 50.5 Å². The minimum absolute atomic E-state index is 0.0951. The van der Waals surface area contributed by atoms with Crippen LogP contribution in [0.4, 0.5) is 5.69 Å². The number of hydrogen-bond donors (Lipinski definition) is 1. The second-order valence-corrected chi connectivity index (χ2v) is 10.2. The minimum Gasteiger partial charge on any atom is -0.355 e. The van der Waals surface area contributed by atoms with Gasteiger partial charge < -0.3 is 10.2 Å². The fourth-order valence-electron chi connectivity index (χ4n) is 3.19. The highest BCUT2D eigenvalue weighted by Crippen LogP contribution is 2.30. The second kappa shape index (κ2) is 11.0. The number of halogens is 2. The summed E-state index contributed by atoms with van der Waals surface area (Å²) in [5.41, 5.74) is 1.96. The van der Waals surface area contributed by atoms with Gasteiger partial charge in [0.05, 0.1) is 17.0 Å². The number of nitrogens with one attached hydrogen (secondary N) is 1. The van der Waals surface area contributed by atoms with E-state index in [0.29, 0.717) is 11.6 Å². The van der Waals surface area contributed by atoms with Crippen LogP contribution in [0.15, 0.2) is 42.5 Å². The van der Waals surface area contributed by atoms with Crippen molar-refractivity contribution in [3.05, 3.63) is 63.6 Å². The summed E-state index contributed by atoms with van der Waals surface area (Å²) in [6.07, 6.45) is 0.989. The van der Waals surface area contributed by atoms with E-state index in [4.69, 9.17) is 23.2 Å². The summed E-state index contributed by atoms with van der Waals surface area (Å²) < 4.78 is 26.0. The first-order valence-electron chi connectivity index (χ1n) is 9.99. The molecular weight excluding hydrogens is 473 g/mol. The molecule has 0 bridgehead atoms. The van der Waals surface area contributed by atoms with Gasteiger partial charge in [-0.15, -0.1) is 0 Å². The monoisotopic (exact) mass is 499 g/mol. The number of rotatable bonds is 9. The lowest BCUT2D eigenvalue weighted by atomic mass is 10.1. The normalized spacial score (nSPS) is 12.2. The predicted octanol–water partition coefficient (Wildman–Crippen LogP) is 3.62. The fourth-order valence-corrected chi connectivity index (χ4v) is 4.61. The zero-order valence-corrected chi connectivity index (χ0v) is 20.8. The Hall–Kier alpha value is -2.29. The van der Waals surface area contributed by atoms with Crippen LogP contribution in [0, 0.1) is 6.92 Å². The van der Waals surface area contributed by atoms with Gasteiger partial charge >= 0.3 is 0 Å². The van der Waals surface area contributed by atoms with Crippen LogP contribution in [0.5, 0.6) is 0 Å². The Bertz CT molecular complexity index is 1090. The Labute approximate surface area is 199 Å². The van der Waals surface area contributed by atoms with Crippen molar-refractivity contribution in [2.45, 2.75) is 33.4 Å². The lowest BCUT2D eigenvalue weighted by Crippen LogP contribution is -2.51. The molecule has 2 aromatic carbocycles. The van der Waals surface area contributed by atoms with E-state index in [9.17, 15) is 18.0 Å². The third-order valence-electron chi connectivity index (χ3n) is 4.81. The van der Waals surface area contributed by atoms with E-state index in [0.717, 1.165) is 21.7 Å². The molecular formula is C22H27Cl2N3O4S. The van der Waals surface area contributed by atoms with E-state index < -0.39 is 28.5 Å². The maximum absolute atomic E-state index is 13.4. The molecule has 0 fully saturated rings. The van der Waals surface area contributed by atoms with Gasteiger partial charge in [-0.2, -0.15) is 0 Å². The van der Waals surface area contributed by atoms with Crippen molar-refractivity contribution >= 4 is 50.7 Å². The maximum Gasteiger partial charge on any atom is 0.244 e. The first kappa shape index (κ1) is 26.0. The zero-order chi connectivity index (χ0) is 24.1. The molecule has 174 valence electrons. The molecule has 1 atom stereocenters. The molecule has 32 heavy (non-hydrogen) atoms. The Kier molecular flexibility index (Phi) is 8.95. The van der Waals surface area contributed by atoms with Crippen LogP contribution >= 0.6 is 23.2 Å². The summed E-state index contributed by atoms with van der Waals surface area (Å²) in [5, 5.41) is 3.14. The molecule has 0 saturated heterocycles. The van der Waals surface area contributed by atoms with Crippen molar-refractivity contribution < 1.29 is 18.0 Å². The first-order chi connectivity index (χ1) is 14.9. The van der Waals surface area contributed by atoms with Gasteiger partial charge in [-0.05, 0) is 44.5 Å². The van der Waals surface area contributed by atoms with Gasteiger partial charge in [-0.25, -0.2) is 8.42 Å². The average Bonchev–Trinajstić information content (AvgIpc) is 2.69. The Balaban J connectivity index is 2.42. The molecule has 0 aliphatic rings. The summed E-state index contributed by atoms with van der Waals surface area (Å²) in [4.78, 5) is 27.2. The lowest BCUT2D eigenvalue weighted by Gasteiger charge is -2.31. The van der Waals surface area contributed by atoms with E-state index in [-0.39, 0.29) is 23.2 Å². The highest BCUT2D eigenvalue weighted by atomic mass is 35.5. The molecule has 0 heterocycles. The summed E-state index contributed by atoms with van der Waals surface area (Å²) >= 11 is 12.1. The lowest BCUT2D eigenvalue weighted by molar-refractivity contribution is -0.139. The number of hydrogen-bond acceptors (Lipinski definition) is 4. The topological polar surface area (TPSA) is 86.8 Å². The minimum atomic E-state index is -3.86. The number of aryl methyl sites for hydroxylation is 1. The molecule has 0 aromatic heterocycles. The van der Waals surface area contributed by atoms with Gasteiger partial charge in [0.25, 0.3) is 0 Å². The second-order valence-electron chi connectivity index (χ2n) is 7.45. The van der Waals surface area contributed by atoms with Crippen LogP contribution in [0.2, 0.25) is 10.0 Å². The fraction of sp³-hybridized carbons (Fsp3) is 0.364. The number of nitrogens with zero attached hydrogens (tertiary/aromatic N) is 2. The summed E-state index contributed by atoms with van der Waals surface area (Å²) in [6, 6.07) is 11.1. The van der Waals surface area contributed by atoms with Crippen LogP contribution in [0.3, 0.4) is 0 Å². The number of carbonyl (C=O) groups excluding carboxylic acids is 2. The largest absolute Gasteiger partial charge is 0.355 e. The molecule has 0 saturated carbocycles. The molecule has 1 N–H and O–H groups in total. The Morgan fingerprint density at radius 3 is 2.38 bits per heavy atom. The maximum atomic E-state index is 13.4. The van der Waals surface area contributed by atoms with Crippen molar-refractivity contribution in [3.63, 3.8) is 0 Å². The predicted molar refractivity (Wildman–Crippen MR) is 129 cm³/mol. The van der Waals surface area contributed by atoms with Crippen LogP contribution < -0.4 is 9.62 Å². The Morgan fingerprint density at radius 1 is 1.12 bits per heavy atom. The van der Waals surface area contributed by atoms with Crippen molar-refractivity contribution in [1.29, 1.82) is 0 Å². The molecule has 0 aliphatic carbocycles. The molecule has 1 unspecified atom stereocenters. The molecule has 0 spiro atoms. The summed E-state index contributed by atoms with van der Waals surface area (Å²) in [7, 11) is -3.86. The standard InChI is InChI=1S/C22H27Cl2N3O4S/c1-5-25-22(29)16(3)26(13-17-8-6-7-15(2)11-17)21(28)14-27(32(4,30)31)20-10-9-18(23)12-19(20)24/h6-12,16H,5,13-14H2,1-4H3,(H,25,29). The number of carbonyl (C=O) groups is 2. The molecule has 2 aromatic rings. The third kappa shape index (κ3) is 6.85. The first-order valence-corrected chi connectivity index (χ1v) is 12.6. The van der Waals surface area contributed by atoms with E-state index >= 15 is 0 Å². The zero-order valence-electron chi connectivity index (χ0n) is 18.4. The third-order valence-corrected chi connectivity index (χ3v) is 6.48. The van der Waals surface area contributed by atoms with E-state index in [1.54, 1.807) is 13.8 Å². The smallest absolute Gasteiger partial charge is 0.244 e. The molecule has 0 aliphatic heterocycles. The molecule has 10 heteroatoms. The van der Waals surface area contributed by atoms with Crippen LogP contribution in [-0.2, 0) is 26.2 Å². The number of likely N-dealkylation sites (N-methyl/N-ethyl adjacent to an activating group) is 1. The van der Waals surface area contributed by atoms with Crippen LogP contribution in [0.1, 0.15) is 25.0 Å². The number of amides is 2. The molecule has 2 rings (SSSR count). The van der Waals surface area contributed by atoms with Crippen molar-refractivity contribution in [2.75, 3.05) is 23.7 Å². The van der Waals surface area contributed by atoms with Crippen molar-refractivity contribution in [1.82, 2.24) is 10.2 Å². The van der Waals surface area contributed by atoms with Gasteiger partial charge in [0, 0.05) is 18.1 Å². The van der Waals surface area contributed by atoms with Gasteiger partial charge in [0.1, 0.15) is 12.6 Å². The van der Waals surface area contributed by atoms with Gasteiger partial charge in [-0.3, -0.25) is 13.9 Å². The van der Waals surface area contributed by atoms with Gasteiger partial charge in [-0.1, -0.05) is 53.0 Å². The number of sulfonamides is 1. The van der Waals surface area contributed by atoms with Crippen molar-refractivity contribution in [2.24, 2.45) is 0 Å². The molecule has 0 radical (unpaired) electrons. The Morgan fingerprint density at radius 2 is 1.81 bits per heavy atom. The summed E-state index contributed by atoms with van der Waals surface area (Å²) in [5.74, 6) is -0.870. The van der Waals surface area contributed by atoms with E-state index in [1.807, 2.05) is 31.2 Å². The molecule has 2 amide bonds. The van der Waals surface area contributed by atoms with E-state index in [2.05, 4.69) is 5.32 Å². The number of benzene rings is 2. The van der Waals surface area contributed by atoms with Gasteiger partial charge in [0.15, 0.2) is 0 Å². The average molecular weight is 500 g/mol. The number of anilines is 1. The van der Waals surface area contributed by atoms with E-state index in [1.165, 1.54) is 23.1 Å². The SMILES string of the molecule is CCNC(=O)C(C)N(Cc1cccc(C)c1)C(=O)CN(c1ccc(Cl)cc1Cl)S(C)(=O)=O. The van der Waals surface area contributed by atoms with Crippen LogP contribution in [0.25, 0.3) is 0 Å². The molecule has 7 nitrogen and oxygen atoms in total. The quantitative estimate of drug-likeness (QED) is 0.570. The highest BCUT2D eigenvalue weighted by Gasteiger charge is 2.30. The van der Waals surface area contributed by atoms with Crippen molar-refractivity contribution in [3.8, 4) is 0 Å². The highest BCUT2D eigenvalue weighted by molar-refractivity contribution is 7.92. The summed E-state index contributed by atoms with van der Waals surface area (Å²) in [6.45, 7) is 5.35.